The van der Waals surface area contributed by atoms with Gasteiger partial charge in [0.05, 0.1) is 22.3 Å². The van der Waals surface area contributed by atoms with E-state index in [1.54, 1.807) is 42.5 Å². The van der Waals surface area contributed by atoms with Crippen LogP contribution >= 0.6 is 34.8 Å². The third-order valence-corrected chi connectivity index (χ3v) is 4.45. The van der Waals surface area contributed by atoms with Crippen molar-refractivity contribution in [3.63, 3.8) is 0 Å². The molecule has 0 atom stereocenters. The molecular formula is C19H19Cl3N2O3. The summed E-state index contributed by atoms with van der Waals surface area (Å²) in [7, 11) is 0. The molecule has 0 spiro atoms. The first kappa shape index (κ1) is 21.4. The first-order chi connectivity index (χ1) is 12.9. The topological polar surface area (TPSA) is 58.6 Å². The molecule has 2 aromatic carbocycles. The summed E-state index contributed by atoms with van der Waals surface area (Å²) in [6.45, 7) is 2.00. The SMILES string of the molecule is CCCN(CC(=O)Nc1cc(Cl)ccc1Cl)C(=O)COc1ccccc1Cl. The van der Waals surface area contributed by atoms with Gasteiger partial charge in [-0.3, -0.25) is 9.59 Å². The first-order valence-corrected chi connectivity index (χ1v) is 9.44. The number of hydrogen-bond acceptors (Lipinski definition) is 3. The maximum absolute atomic E-state index is 12.5. The van der Waals surface area contributed by atoms with Crippen molar-refractivity contribution in [1.82, 2.24) is 4.90 Å². The lowest BCUT2D eigenvalue weighted by Gasteiger charge is -2.22. The van der Waals surface area contributed by atoms with Crippen molar-refractivity contribution in [2.24, 2.45) is 0 Å². The summed E-state index contributed by atoms with van der Waals surface area (Å²) >= 11 is 18.0. The minimum Gasteiger partial charge on any atom is -0.482 e. The summed E-state index contributed by atoms with van der Waals surface area (Å²) in [5.74, 6) is -0.276. The molecule has 27 heavy (non-hydrogen) atoms. The second kappa shape index (κ2) is 10.4. The summed E-state index contributed by atoms with van der Waals surface area (Å²) in [6, 6.07) is 11.6. The molecule has 144 valence electrons. The molecular weight excluding hydrogens is 411 g/mol. The Bertz CT molecular complexity index is 815. The molecule has 0 aliphatic rings. The van der Waals surface area contributed by atoms with E-state index in [2.05, 4.69) is 5.32 Å². The fraction of sp³-hybridized carbons (Fsp3) is 0.263. The predicted octanol–water partition coefficient (Wildman–Crippen LogP) is 4.90. The number of anilines is 1. The summed E-state index contributed by atoms with van der Waals surface area (Å²) in [6.07, 6.45) is 0.697. The summed E-state index contributed by atoms with van der Waals surface area (Å²) < 4.78 is 5.47. The minimum absolute atomic E-state index is 0.124. The first-order valence-electron chi connectivity index (χ1n) is 8.30. The Balaban J connectivity index is 1.97. The second-order valence-electron chi connectivity index (χ2n) is 5.71. The van der Waals surface area contributed by atoms with Gasteiger partial charge in [-0.1, -0.05) is 53.9 Å². The number of hydrogen-bond donors (Lipinski definition) is 1. The highest BCUT2D eigenvalue weighted by atomic mass is 35.5. The van der Waals surface area contributed by atoms with Crippen molar-refractivity contribution < 1.29 is 14.3 Å². The van der Waals surface area contributed by atoms with Crippen LogP contribution in [0.2, 0.25) is 15.1 Å². The number of amides is 2. The van der Waals surface area contributed by atoms with E-state index >= 15 is 0 Å². The van der Waals surface area contributed by atoms with E-state index in [0.29, 0.717) is 39.5 Å². The van der Waals surface area contributed by atoms with Gasteiger partial charge < -0.3 is 15.0 Å². The van der Waals surface area contributed by atoms with Gasteiger partial charge >= 0.3 is 0 Å². The number of halogens is 3. The summed E-state index contributed by atoms with van der Waals surface area (Å²) in [5.41, 5.74) is 0.394. The zero-order valence-electron chi connectivity index (χ0n) is 14.7. The van der Waals surface area contributed by atoms with Crippen LogP contribution < -0.4 is 10.1 Å². The molecule has 2 rings (SSSR count). The Morgan fingerprint density at radius 3 is 2.52 bits per heavy atom. The third kappa shape index (κ3) is 6.61. The molecule has 0 bridgehead atoms. The van der Waals surface area contributed by atoms with Gasteiger partial charge in [-0.2, -0.15) is 0 Å². The van der Waals surface area contributed by atoms with Gasteiger partial charge in [-0.05, 0) is 36.8 Å². The Morgan fingerprint density at radius 2 is 1.81 bits per heavy atom. The lowest BCUT2D eigenvalue weighted by Crippen LogP contribution is -2.41. The normalized spacial score (nSPS) is 10.4. The van der Waals surface area contributed by atoms with Gasteiger partial charge in [0.2, 0.25) is 5.91 Å². The van der Waals surface area contributed by atoms with Crippen LogP contribution in [0.3, 0.4) is 0 Å². The lowest BCUT2D eigenvalue weighted by atomic mass is 10.3. The molecule has 0 aliphatic heterocycles. The lowest BCUT2D eigenvalue weighted by molar-refractivity contribution is -0.136. The van der Waals surface area contributed by atoms with E-state index in [9.17, 15) is 9.59 Å². The smallest absolute Gasteiger partial charge is 0.260 e. The molecule has 1 N–H and O–H groups in total. The van der Waals surface area contributed by atoms with Crippen molar-refractivity contribution in [2.75, 3.05) is 25.0 Å². The van der Waals surface area contributed by atoms with Crippen LogP contribution in [0.1, 0.15) is 13.3 Å². The van der Waals surface area contributed by atoms with E-state index in [4.69, 9.17) is 39.5 Å². The van der Waals surface area contributed by atoms with Crippen molar-refractivity contribution >= 4 is 52.3 Å². The van der Waals surface area contributed by atoms with Crippen LogP contribution in [-0.4, -0.2) is 36.4 Å². The fourth-order valence-electron chi connectivity index (χ4n) is 2.31. The van der Waals surface area contributed by atoms with E-state index in [1.807, 2.05) is 6.92 Å². The molecule has 0 unspecified atom stereocenters. The van der Waals surface area contributed by atoms with Crippen molar-refractivity contribution in [2.45, 2.75) is 13.3 Å². The molecule has 8 heteroatoms. The number of rotatable bonds is 8. The zero-order valence-corrected chi connectivity index (χ0v) is 16.9. The third-order valence-electron chi connectivity index (χ3n) is 3.57. The van der Waals surface area contributed by atoms with Crippen LogP contribution in [0.5, 0.6) is 5.75 Å². The summed E-state index contributed by atoms with van der Waals surface area (Å²) in [4.78, 5) is 26.2. The average Bonchev–Trinajstić information content (AvgIpc) is 2.63. The highest BCUT2D eigenvalue weighted by Gasteiger charge is 2.18. The van der Waals surface area contributed by atoms with Gasteiger partial charge in [-0.15, -0.1) is 0 Å². The highest BCUT2D eigenvalue weighted by molar-refractivity contribution is 6.35. The number of nitrogens with zero attached hydrogens (tertiary/aromatic N) is 1. The van der Waals surface area contributed by atoms with Crippen molar-refractivity contribution in [3.8, 4) is 5.75 Å². The van der Waals surface area contributed by atoms with Crippen LogP contribution in [-0.2, 0) is 9.59 Å². The highest BCUT2D eigenvalue weighted by Crippen LogP contribution is 2.25. The van der Waals surface area contributed by atoms with Gasteiger partial charge in [-0.25, -0.2) is 0 Å². The van der Waals surface area contributed by atoms with E-state index < -0.39 is 0 Å². The number of benzene rings is 2. The van der Waals surface area contributed by atoms with Crippen LogP contribution in [0.4, 0.5) is 5.69 Å². The number of nitrogens with one attached hydrogen (secondary N) is 1. The second-order valence-corrected chi connectivity index (χ2v) is 6.96. The van der Waals surface area contributed by atoms with Gasteiger partial charge in [0, 0.05) is 11.6 Å². The Hall–Kier alpha value is -1.95. The van der Waals surface area contributed by atoms with Crippen molar-refractivity contribution in [3.05, 3.63) is 57.5 Å². The maximum Gasteiger partial charge on any atom is 0.260 e. The molecule has 0 saturated heterocycles. The Morgan fingerprint density at radius 1 is 1.07 bits per heavy atom. The Labute approximate surface area is 173 Å². The van der Waals surface area contributed by atoms with Crippen LogP contribution in [0.25, 0.3) is 0 Å². The quantitative estimate of drug-likeness (QED) is 0.649. The number of carbonyl (C=O) groups is 2. The number of carbonyl (C=O) groups excluding carboxylic acids is 2. The average molecular weight is 430 g/mol. The van der Waals surface area contributed by atoms with Gasteiger partial charge in [0.25, 0.3) is 5.91 Å². The molecule has 0 aromatic heterocycles. The molecule has 0 heterocycles. The van der Waals surface area contributed by atoms with E-state index in [1.165, 1.54) is 4.90 Å². The molecule has 0 aliphatic carbocycles. The molecule has 0 fully saturated rings. The van der Waals surface area contributed by atoms with Gasteiger partial charge in [0.1, 0.15) is 5.75 Å². The van der Waals surface area contributed by atoms with Crippen LogP contribution in [0, 0.1) is 0 Å². The van der Waals surface area contributed by atoms with Crippen LogP contribution in [0.15, 0.2) is 42.5 Å². The molecule has 0 saturated carbocycles. The van der Waals surface area contributed by atoms with E-state index in [0.717, 1.165) is 0 Å². The van der Waals surface area contributed by atoms with E-state index in [-0.39, 0.29) is 25.0 Å². The van der Waals surface area contributed by atoms with Gasteiger partial charge in [0.15, 0.2) is 6.61 Å². The standard InChI is InChI=1S/C19H19Cl3N2O3/c1-2-9-24(19(26)12-27-17-6-4-3-5-15(17)22)11-18(25)23-16-10-13(20)7-8-14(16)21/h3-8,10H,2,9,11-12H2,1H3,(H,23,25). The number of ether oxygens (including phenoxy) is 1. The fourth-order valence-corrected chi connectivity index (χ4v) is 2.84. The molecule has 2 amide bonds. The maximum atomic E-state index is 12.5. The zero-order chi connectivity index (χ0) is 19.8. The summed E-state index contributed by atoms with van der Waals surface area (Å²) in [5, 5.41) is 3.90. The number of para-hydroxylation sites is 1. The molecule has 5 nitrogen and oxygen atoms in total. The predicted molar refractivity (Wildman–Crippen MR) is 109 cm³/mol. The molecule has 0 radical (unpaired) electrons. The molecule has 2 aromatic rings. The van der Waals surface area contributed by atoms with Crippen molar-refractivity contribution in [1.29, 1.82) is 0 Å². The Kier molecular flexibility index (Phi) is 8.23. The largest absolute Gasteiger partial charge is 0.482 e. The monoisotopic (exact) mass is 428 g/mol. The minimum atomic E-state index is -0.376.